The molecular formula is C13H15ClN2. The highest BCUT2D eigenvalue weighted by molar-refractivity contribution is 6.33. The second-order valence-corrected chi connectivity index (χ2v) is 4.58. The van der Waals surface area contributed by atoms with Crippen molar-refractivity contribution in [1.82, 2.24) is 0 Å². The number of hydrogen-bond acceptors (Lipinski definition) is 2. The smallest absolute Gasteiger partial charge is 0.0992 e. The molecule has 1 saturated heterocycles. The summed E-state index contributed by atoms with van der Waals surface area (Å²) >= 11 is 6.22. The van der Waals surface area contributed by atoms with Crippen LogP contribution in [0.3, 0.4) is 0 Å². The van der Waals surface area contributed by atoms with Gasteiger partial charge in [0.05, 0.1) is 22.3 Å². The molecule has 1 fully saturated rings. The maximum Gasteiger partial charge on any atom is 0.0992 e. The van der Waals surface area contributed by atoms with Crippen LogP contribution in [-0.2, 0) is 0 Å². The van der Waals surface area contributed by atoms with Crippen LogP contribution >= 0.6 is 11.6 Å². The van der Waals surface area contributed by atoms with Crippen molar-refractivity contribution in [2.45, 2.75) is 32.2 Å². The zero-order valence-corrected chi connectivity index (χ0v) is 10.2. The third-order valence-corrected chi connectivity index (χ3v) is 3.54. The van der Waals surface area contributed by atoms with Gasteiger partial charge in [-0.2, -0.15) is 5.26 Å². The number of anilines is 1. The molecule has 0 saturated carbocycles. The minimum absolute atomic E-state index is 0.602. The molecule has 2 nitrogen and oxygen atoms in total. The molecule has 0 spiro atoms. The SMILES string of the molecule is CCC1CCCN1c1ccc(C#N)cc1Cl. The van der Waals surface area contributed by atoms with Crippen LogP contribution in [0, 0.1) is 11.3 Å². The molecule has 1 heterocycles. The van der Waals surface area contributed by atoms with Crippen LogP contribution in [0.15, 0.2) is 18.2 Å². The van der Waals surface area contributed by atoms with Gasteiger partial charge in [0.15, 0.2) is 0 Å². The Morgan fingerprint density at radius 1 is 1.56 bits per heavy atom. The van der Waals surface area contributed by atoms with Gasteiger partial charge >= 0.3 is 0 Å². The lowest BCUT2D eigenvalue weighted by Gasteiger charge is -2.26. The van der Waals surface area contributed by atoms with Gasteiger partial charge in [0.25, 0.3) is 0 Å². The Morgan fingerprint density at radius 3 is 3.00 bits per heavy atom. The van der Waals surface area contributed by atoms with Gasteiger partial charge in [0.1, 0.15) is 0 Å². The van der Waals surface area contributed by atoms with Crippen LogP contribution < -0.4 is 4.90 Å². The summed E-state index contributed by atoms with van der Waals surface area (Å²) in [6, 6.07) is 8.27. The molecule has 1 atom stereocenters. The normalized spacial score (nSPS) is 19.8. The van der Waals surface area contributed by atoms with E-state index < -0.39 is 0 Å². The molecule has 0 bridgehead atoms. The molecule has 84 valence electrons. The molecule has 0 aromatic heterocycles. The Morgan fingerprint density at radius 2 is 2.38 bits per heavy atom. The minimum atomic E-state index is 0.602. The molecule has 2 rings (SSSR count). The van der Waals surface area contributed by atoms with Crippen LogP contribution in [0.5, 0.6) is 0 Å². The lowest BCUT2D eigenvalue weighted by molar-refractivity contribution is 0.645. The molecule has 3 heteroatoms. The van der Waals surface area contributed by atoms with Crippen molar-refractivity contribution >= 4 is 17.3 Å². The molecule has 1 aliphatic heterocycles. The average molecular weight is 235 g/mol. The Balaban J connectivity index is 2.30. The molecule has 0 aliphatic carbocycles. The Hall–Kier alpha value is -1.20. The summed E-state index contributed by atoms with van der Waals surface area (Å²) in [5, 5.41) is 9.49. The second kappa shape index (κ2) is 4.76. The maximum absolute atomic E-state index is 8.79. The summed E-state index contributed by atoms with van der Waals surface area (Å²) in [6.45, 7) is 3.28. The standard InChI is InChI=1S/C13H15ClN2/c1-2-11-4-3-7-16(11)13-6-5-10(9-15)8-12(13)14/h5-6,8,11H,2-4,7H2,1H3. The number of nitrogens with zero attached hydrogens (tertiary/aromatic N) is 2. The lowest BCUT2D eigenvalue weighted by Crippen LogP contribution is -2.28. The molecule has 1 aromatic rings. The predicted molar refractivity (Wildman–Crippen MR) is 66.8 cm³/mol. The topological polar surface area (TPSA) is 27.0 Å². The first-order valence-corrected chi connectivity index (χ1v) is 6.10. The van der Waals surface area contributed by atoms with E-state index in [1.807, 2.05) is 12.1 Å². The van der Waals surface area contributed by atoms with E-state index in [1.54, 1.807) is 6.07 Å². The summed E-state index contributed by atoms with van der Waals surface area (Å²) < 4.78 is 0. The summed E-state index contributed by atoms with van der Waals surface area (Å²) in [6.07, 6.45) is 3.62. The van der Waals surface area contributed by atoms with E-state index in [2.05, 4.69) is 17.9 Å². The van der Waals surface area contributed by atoms with Gasteiger partial charge in [-0.05, 0) is 37.5 Å². The third kappa shape index (κ3) is 2.01. The largest absolute Gasteiger partial charge is 0.367 e. The Bertz CT molecular complexity index is 422. The molecule has 1 aromatic carbocycles. The molecule has 0 amide bonds. The van der Waals surface area contributed by atoms with Gasteiger partial charge in [-0.3, -0.25) is 0 Å². The fraction of sp³-hybridized carbons (Fsp3) is 0.462. The van der Waals surface area contributed by atoms with Gasteiger partial charge in [-0.15, -0.1) is 0 Å². The second-order valence-electron chi connectivity index (χ2n) is 4.18. The number of benzene rings is 1. The Kier molecular flexibility index (Phi) is 3.36. The first-order chi connectivity index (χ1) is 7.76. The number of halogens is 1. The molecule has 1 unspecified atom stereocenters. The van der Waals surface area contributed by atoms with Crippen molar-refractivity contribution in [2.24, 2.45) is 0 Å². The molecule has 1 aliphatic rings. The van der Waals surface area contributed by atoms with E-state index in [-0.39, 0.29) is 0 Å². The van der Waals surface area contributed by atoms with Gasteiger partial charge < -0.3 is 4.90 Å². The van der Waals surface area contributed by atoms with E-state index in [4.69, 9.17) is 16.9 Å². The van der Waals surface area contributed by atoms with Crippen molar-refractivity contribution in [3.63, 3.8) is 0 Å². The van der Waals surface area contributed by atoms with Gasteiger partial charge in [0.2, 0.25) is 0 Å². The van der Waals surface area contributed by atoms with Gasteiger partial charge in [0, 0.05) is 12.6 Å². The maximum atomic E-state index is 8.79. The fourth-order valence-electron chi connectivity index (χ4n) is 2.39. The zero-order chi connectivity index (χ0) is 11.5. The van der Waals surface area contributed by atoms with Crippen molar-refractivity contribution in [1.29, 1.82) is 5.26 Å². The van der Waals surface area contributed by atoms with Crippen molar-refractivity contribution < 1.29 is 0 Å². The monoisotopic (exact) mass is 234 g/mol. The van der Waals surface area contributed by atoms with E-state index in [1.165, 1.54) is 12.8 Å². The van der Waals surface area contributed by atoms with Crippen molar-refractivity contribution in [3.8, 4) is 6.07 Å². The van der Waals surface area contributed by atoms with Crippen molar-refractivity contribution in [3.05, 3.63) is 28.8 Å². The first kappa shape index (κ1) is 11.3. The molecule has 16 heavy (non-hydrogen) atoms. The summed E-state index contributed by atoms with van der Waals surface area (Å²) in [7, 11) is 0. The van der Waals surface area contributed by atoms with Crippen LogP contribution in [0.1, 0.15) is 31.7 Å². The molecule has 0 radical (unpaired) electrons. The fourth-order valence-corrected chi connectivity index (χ4v) is 2.68. The average Bonchev–Trinajstić information content (AvgIpc) is 2.76. The van der Waals surface area contributed by atoms with E-state index in [0.29, 0.717) is 16.6 Å². The quantitative estimate of drug-likeness (QED) is 0.782. The first-order valence-electron chi connectivity index (χ1n) is 5.72. The minimum Gasteiger partial charge on any atom is -0.367 e. The van der Waals surface area contributed by atoms with Crippen LogP contribution in [0.4, 0.5) is 5.69 Å². The number of hydrogen-bond donors (Lipinski definition) is 0. The third-order valence-electron chi connectivity index (χ3n) is 3.23. The summed E-state index contributed by atoms with van der Waals surface area (Å²) in [5.41, 5.74) is 1.70. The van der Waals surface area contributed by atoms with Crippen LogP contribution in [0.25, 0.3) is 0 Å². The van der Waals surface area contributed by atoms with Crippen LogP contribution in [-0.4, -0.2) is 12.6 Å². The van der Waals surface area contributed by atoms with Gasteiger partial charge in [-0.1, -0.05) is 18.5 Å². The summed E-state index contributed by atoms with van der Waals surface area (Å²) in [4.78, 5) is 2.36. The zero-order valence-electron chi connectivity index (χ0n) is 9.41. The van der Waals surface area contributed by atoms with Gasteiger partial charge in [-0.25, -0.2) is 0 Å². The van der Waals surface area contributed by atoms with Crippen LogP contribution in [0.2, 0.25) is 5.02 Å². The lowest BCUT2D eigenvalue weighted by atomic mass is 10.1. The number of rotatable bonds is 2. The summed E-state index contributed by atoms with van der Waals surface area (Å²) in [5.74, 6) is 0. The van der Waals surface area contributed by atoms with E-state index in [0.717, 1.165) is 18.7 Å². The molecular weight excluding hydrogens is 220 g/mol. The predicted octanol–water partition coefficient (Wildman–Crippen LogP) is 3.59. The highest BCUT2D eigenvalue weighted by Crippen LogP contribution is 2.33. The van der Waals surface area contributed by atoms with Crippen molar-refractivity contribution in [2.75, 3.05) is 11.4 Å². The highest BCUT2D eigenvalue weighted by Gasteiger charge is 2.24. The Labute approximate surface area is 101 Å². The van der Waals surface area contributed by atoms with E-state index >= 15 is 0 Å². The highest BCUT2D eigenvalue weighted by atomic mass is 35.5. The van der Waals surface area contributed by atoms with E-state index in [9.17, 15) is 0 Å². The molecule has 0 N–H and O–H groups in total. The number of nitriles is 1.